The van der Waals surface area contributed by atoms with Crippen molar-refractivity contribution in [3.05, 3.63) is 18.0 Å². The van der Waals surface area contributed by atoms with Crippen LogP contribution >= 0.6 is 0 Å². The molecule has 1 aromatic heterocycles. The van der Waals surface area contributed by atoms with Crippen LogP contribution in [0.4, 0.5) is 0 Å². The SMILES string of the molecule is CCCNC(C)Cc1ccn(C2CCCCC2)n1. The molecule has 1 saturated carbocycles. The highest BCUT2D eigenvalue weighted by atomic mass is 15.3. The molecule has 1 N–H and O–H groups in total. The monoisotopic (exact) mass is 249 g/mol. The molecule has 0 aromatic carbocycles. The van der Waals surface area contributed by atoms with Crippen LogP contribution < -0.4 is 5.32 Å². The third kappa shape index (κ3) is 3.84. The smallest absolute Gasteiger partial charge is 0.0640 e. The predicted octanol–water partition coefficient (Wildman–Crippen LogP) is 3.32. The van der Waals surface area contributed by atoms with Gasteiger partial charge >= 0.3 is 0 Å². The average molecular weight is 249 g/mol. The molecule has 102 valence electrons. The molecular weight excluding hydrogens is 222 g/mol. The van der Waals surface area contributed by atoms with Crippen LogP contribution in [0.2, 0.25) is 0 Å². The fourth-order valence-electron chi connectivity index (χ4n) is 2.81. The molecular formula is C15H27N3. The lowest BCUT2D eigenvalue weighted by molar-refractivity contribution is 0.327. The summed E-state index contributed by atoms with van der Waals surface area (Å²) in [6.07, 6.45) is 11.2. The molecule has 18 heavy (non-hydrogen) atoms. The van der Waals surface area contributed by atoms with E-state index in [2.05, 4.69) is 36.1 Å². The highest BCUT2D eigenvalue weighted by Crippen LogP contribution is 2.27. The fourth-order valence-corrected chi connectivity index (χ4v) is 2.81. The summed E-state index contributed by atoms with van der Waals surface area (Å²) in [6.45, 7) is 5.55. The highest BCUT2D eigenvalue weighted by Gasteiger charge is 2.16. The molecule has 1 aromatic rings. The van der Waals surface area contributed by atoms with Gasteiger partial charge < -0.3 is 5.32 Å². The van der Waals surface area contributed by atoms with Crippen LogP contribution in [0.25, 0.3) is 0 Å². The minimum absolute atomic E-state index is 0.527. The van der Waals surface area contributed by atoms with E-state index >= 15 is 0 Å². The van der Waals surface area contributed by atoms with Crippen molar-refractivity contribution in [1.29, 1.82) is 0 Å². The van der Waals surface area contributed by atoms with Crippen molar-refractivity contribution >= 4 is 0 Å². The molecule has 0 bridgehead atoms. The van der Waals surface area contributed by atoms with Gasteiger partial charge in [0, 0.05) is 18.7 Å². The lowest BCUT2D eigenvalue weighted by atomic mass is 9.96. The van der Waals surface area contributed by atoms with Crippen LogP contribution in [0, 0.1) is 0 Å². The van der Waals surface area contributed by atoms with E-state index in [1.165, 1.54) is 44.2 Å². The first-order chi connectivity index (χ1) is 8.79. The van der Waals surface area contributed by atoms with Crippen LogP contribution in [0.1, 0.15) is 64.1 Å². The average Bonchev–Trinajstić information content (AvgIpc) is 2.86. The molecule has 1 aliphatic rings. The molecule has 0 aliphatic heterocycles. The molecule has 3 nitrogen and oxygen atoms in total. The normalized spacial score (nSPS) is 19.0. The highest BCUT2D eigenvalue weighted by molar-refractivity contribution is 5.02. The Balaban J connectivity index is 1.85. The first kappa shape index (κ1) is 13.6. The molecule has 1 atom stereocenters. The van der Waals surface area contributed by atoms with Gasteiger partial charge in [0.05, 0.1) is 11.7 Å². The Morgan fingerprint density at radius 2 is 2.17 bits per heavy atom. The van der Waals surface area contributed by atoms with E-state index in [0.29, 0.717) is 12.1 Å². The Morgan fingerprint density at radius 1 is 1.39 bits per heavy atom. The molecule has 0 spiro atoms. The van der Waals surface area contributed by atoms with E-state index in [1.54, 1.807) is 0 Å². The largest absolute Gasteiger partial charge is 0.314 e. The van der Waals surface area contributed by atoms with Gasteiger partial charge in [0.25, 0.3) is 0 Å². The van der Waals surface area contributed by atoms with Crippen LogP contribution in [0.3, 0.4) is 0 Å². The zero-order chi connectivity index (χ0) is 12.8. The van der Waals surface area contributed by atoms with Gasteiger partial charge in [-0.1, -0.05) is 26.2 Å². The maximum atomic E-state index is 4.76. The van der Waals surface area contributed by atoms with Crippen molar-refractivity contribution in [2.75, 3.05) is 6.54 Å². The third-order valence-corrected chi connectivity index (χ3v) is 3.87. The topological polar surface area (TPSA) is 29.9 Å². The van der Waals surface area contributed by atoms with Crippen molar-refractivity contribution in [1.82, 2.24) is 15.1 Å². The molecule has 1 heterocycles. The summed E-state index contributed by atoms with van der Waals surface area (Å²) in [5.74, 6) is 0. The van der Waals surface area contributed by atoms with Gasteiger partial charge in [0.2, 0.25) is 0 Å². The van der Waals surface area contributed by atoms with E-state index in [-0.39, 0.29) is 0 Å². The number of hydrogen-bond donors (Lipinski definition) is 1. The fraction of sp³-hybridized carbons (Fsp3) is 0.800. The molecule has 0 radical (unpaired) electrons. The number of nitrogens with one attached hydrogen (secondary N) is 1. The van der Waals surface area contributed by atoms with E-state index in [9.17, 15) is 0 Å². The zero-order valence-electron chi connectivity index (χ0n) is 11.9. The summed E-state index contributed by atoms with van der Waals surface area (Å²) < 4.78 is 2.21. The second-order valence-corrected chi connectivity index (χ2v) is 5.64. The molecule has 3 heteroatoms. The van der Waals surface area contributed by atoms with Gasteiger partial charge in [0.1, 0.15) is 0 Å². The maximum absolute atomic E-state index is 4.76. The summed E-state index contributed by atoms with van der Waals surface area (Å²) in [5, 5.41) is 8.28. The summed E-state index contributed by atoms with van der Waals surface area (Å²) >= 11 is 0. The Morgan fingerprint density at radius 3 is 2.89 bits per heavy atom. The van der Waals surface area contributed by atoms with Crippen molar-refractivity contribution in [3.8, 4) is 0 Å². The van der Waals surface area contributed by atoms with Gasteiger partial charge in [0.15, 0.2) is 0 Å². The Labute approximate surface area is 111 Å². The lowest BCUT2D eigenvalue weighted by Gasteiger charge is -2.21. The van der Waals surface area contributed by atoms with Crippen LogP contribution in [0.5, 0.6) is 0 Å². The summed E-state index contributed by atoms with van der Waals surface area (Å²) in [4.78, 5) is 0. The zero-order valence-corrected chi connectivity index (χ0v) is 11.9. The first-order valence-corrected chi connectivity index (χ1v) is 7.57. The molecule has 0 saturated heterocycles. The van der Waals surface area contributed by atoms with E-state index < -0.39 is 0 Å². The van der Waals surface area contributed by atoms with Crippen molar-refractivity contribution in [2.24, 2.45) is 0 Å². The predicted molar refractivity (Wildman–Crippen MR) is 75.8 cm³/mol. The Kier molecular flexibility index (Phi) is 5.24. The molecule has 2 rings (SSSR count). The molecule has 0 amide bonds. The quantitative estimate of drug-likeness (QED) is 0.838. The van der Waals surface area contributed by atoms with Crippen molar-refractivity contribution < 1.29 is 0 Å². The van der Waals surface area contributed by atoms with E-state index in [1.807, 2.05) is 0 Å². The lowest BCUT2D eigenvalue weighted by Crippen LogP contribution is -2.28. The maximum Gasteiger partial charge on any atom is 0.0640 e. The van der Waals surface area contributed by atoms with Gasteiger partial charge in [-0.05, 0) is 38.8 Å². The standard InChI is InChI=1S/C15H27N3/c1-3-10-16-13(2)12-14-9-11-18(17-14)15-7-5-4-6-8-15/h9,11,13,15-16H,3-8,10,12H2,1-2H3. The van der Waals surface area contributed by atoms with Gasteiger partial charge in [-0.3, -0.25) is 4.68 Å². The first-order valence-electron chi connectivity index (χ1n) is 7.57. The molecule has 1 fully saturated rings. The van der Waals surface area contributed by atoms with Gasteiger partial charge in [-0.25, -0.2) is 0 Å². The third-order valence-electron chi connectivity index (χ3n) is 3.87. The van der Waals surface area contributed by atoms with Crippen LogP contribution in [-0.2, 0) is 6.42 Å². The van der Waals surface area contributed by atoms with E-state index in [0.717, 1.165) is 13.0 Å². The summed E-state index contributed by atoms with van der Waals surface area (Å²) in [6, 6.07) is 3.38. The summed E-state index contributed by atoms with van der Waals surface area (Å²) in [5.41, 5.74) is 1.23. The molecule has 1 aliphatic carbocycles. The number of rotatable bonds is 6. The van der Waals surface area contributed by atoms with E-state index in [4.69, 9.17) is 5.10 Å². The minimum Gasteiger partial charge on any atom is -0.314 e. The van der Waals surface area contributed by atoms with Crippen molar-refractivity contribution in [3.63, 3.8) is 0 Å². The molecule has 1 unspecified atom stereocenters. The van der Waals surface area contributed by atoms with Gasteiger partial charge in [-0.15, -0.1) is 0 Å². The number of hydrogen-bond acceptors (Lipinski definition) is 2. The number of aromatic nitrogens is 2. The van der Waals surface area contributed by atoms with Crippen LogP contribution in [-0.4, -0.2) is 22.4 Å². The Hall–Kier alpha value is -0.830. The number of nitrogens with zero attached hydrogens (tertiary/aromatic N) is 2. The van der Waals surface area contributed by atoms with Crippen LogP contribution in [0.15, 0.2) is 12.3 Å². The minimum atomic E-state index is 0.527. The Bertz CT molecular complexity index is 339. The summed E-state index contributed by atoms with van der Waals surface area (Å²) in [7, 11) is 0. The van der Waals surface area contributed by atoms with Crippen molar-refractivity contribution in [2.45, 2.75) is 70.9 Å². The second-order valence-electron chi connectivity index (χ2n) is 5.64. The second kappa shape index (κ2) is 6.93. The van der Waals surface area contributed by atoms with Gasteiger partial charge in [-0.2, -0.15) is 5.10 Å².